The van der Waals surface area contributed by atoms with Crippen molar-refractivity contribution in [2.24, 2.45) is 0 Å². The number of hydrogen-bond donors (Lipinski definition) is 2. The van der Waals surface area contributed by atoms with Crippen LogP contribution in [0.5, 0.6) is 0 Å². The molecule has 308 valence electrons. The van der Waals surface area contributed by atoms with Crippen LogP contribution in [0.4, 0.5) is 28.9 Å². The number of unbranched alkanes of at least 4 members (excludes halogenated alkanes) is 6. The number of benzene rings is 4. The van der Waals surface area contributed by atoms with Gasteiger partial charge in [-0.05, 0) is 84.6 Å². The first-order valence-corrected chi connectivity index (χ1v) is 20.2. The molecule has 2 aliphatic rings. The molecule has 0 aliphatic heterocycles. The van der Waals surface area contributed by atoms with Crippen LogP contribution >= 0.6 is 23.2 Å². The summed E-state index contributed by atoms with van der Waals surface area (Å²) >= 11 is 12.1. The molecule has 0 saturated heterocycles. The molecule has 0 saturated carbocycles. The number of hydrogen-bond acceptors (Lipinski definition) is 2. The molecule has 59 heavy (non-hydrogen) atoms. The van der Waals surface area contributed by atoms with E-state index in [0.717, 1.165) is 100 Å². The maximum atomic E-state index is 13.6. The summed E-state index contributed by atoms with van der Waals surface area (Å²) in [6, 6.07) is 18.3. The van der Waals surface area contributed by atoms with E-state index in [4.69, 9.17) is 23.2 Å². The average Bonchev–Trinajstić information content (AvgIpc) is 3.99. The molecule has 0 aromatic heterocycles. The van der Waals surface area contributed by atoms with Crippen molar-refractivity contribution in [1.29, 1.82) is 0 Å². The molecule has 4 aromatic rings. The van der Waals surface area contributed by atoms with Crippen LogP contribution in [-0.4, -0.2) is 11.8 Å². The van der Waals surface area contributed by atoms with Crippen LogP contribution in [0.2, 0.25) is 10.0 Å². The second kappa shape index (κ2) is 29.1. The Balaban J connectivity index is 0.000000323. The third kappa shape index (κ3) is 19.6. The first-order valence-electron chi connectivity index (χ1n) is 19.4. The minimum Gasteiger partial charge on any atom is -0.373 e. The van der Waals surface area contributed by atoms with E-state index in [1.165, 1.54) is 12.1 Å². The van der Waals surface area contributed by atoms with Gasteiger partial charge in [-0.3, -0.25) is 21.7 Å². The number of carbonyl (C=O) groups excluding carboxylic acids is 2. The van der Waals surface area contributed by atoms with Crippen molar-refractivity contribution in [2.75, 3.05) is 10.6 Å². The molecule has 0 bridgehead atoms. The molecule has 4 aromatic carbocycles. The van der Waals surface area contributed by atoms with Gasteiger partial charge in [0.15, 0.2) is 0 Å². The molecular weight excluding hydrogens is 831 g/mol. The van der Waals surface area contributed by atoms with Crippen molar-refractivity contribution < 1.29 is 48.9 Å². The van der Waals surface area contributed by atoms with Crippen molar-refractivity contribution in [3.63, 3.8) is 0 Å². The topological polar surface area (TPSA) is 58.2 Å². The number of aryl methyl sites for hydroxylation is 2. The number of nitrogens with one attached hydrogen (secondary N) is 2. The summed E-state index contributed by atoms with van der Waals surface area (Å²) in [4.78, 5) is 24.9. The molecule has 0 atom stereocenters. The Hall–Kier alpha value is -4.21. The van der Waals surface area contributed by atoms with Gasteiger partial charge in [-0.15, -0.1) is 49.2 Å². The molecule has 6 rings (SSSR count). The van der Waals surface area contributed by atoms with Crippen LogP contribution in [0.3, 0.4) is 0 Å². The molecule has 2 aliphatic carbocycles. The van der Waals surface area contributed by atoms with Gasteiger partial charge in [0.25, 0.3) is 0 Å². The van der Waals surface area contributed by atoms with E-state index in [0.29, 0.717) is 21.2 Å². The fourth-order valence-corrected chi connectivity index (χ4v) is 5.99. The van der Waals surface area contributed by atoms with Crippen LogP contribution in [-0.2, 0) is 34.6 Å². The van der Waals surface area contributed by atoms with Gasteiger partial charge in [0.1, 0.15) is 0 Å². The zero-order chi connectivity index (χ0) is 42.1. The Bertz CT molecular complexity index is 1890. The summed E-state index contributed by atoms with van der Waals surface area (Å²) < 4.78 is 53.1. The minimum absolute atomic E-state index is 0. The van der Waals surface area contributed by atoms with Crippen molar-refractivity contribution >= 4 is 46.4 Å². The van der Waals surface area contributed by atoms with Crippen LogP contribution in [0.15, 0.2) is 97.1 Å². The van der Waals surface area contributed by atoms with E-state index in [1.54, 1.807) is 36.4 Å². The predicted octanol–water partition coefficient (Wildman–Crippen LogP) is 14.2. The summed E-state index contributed by atoms with van der Waals surface area (Å²) in [6.07, 6.45) is 30.0. The quantitative estimate of drug-likeness (QED) is 0.0574. The van der Waals surface area contributed by atoms with Gasteiger partial charge in [-0.25, -0.2) is 41.9 Å². The maximum Gasteiger partial charge on any atom is 4.00 e. The van der Waals surface area contributed by atoms with Crippen LogP contribution in [0.1, 0.15) is 110 Å². The maximum absolute atomic E-state index is 13.6. The standard InChI is InChI=1S/2C19H19ClF2NO.2C5H5.Ti/c2*1-2-3-4-5-6-13-11-14(20)7-9-16(13)19(24)23-18-10-8-15(21)12-17(18)22;2*1-2-4-5-3-1;/h2*7-11H,2-6H2,1H3,(H,23,24);2*1-3H,4H2;/q4*-1;+4. The van der Waals surface area contributed by atoms with Gasteiger partial charge in [0.05, 0.1) is 0 Å². The number of halogens is 6. The Labute approximate surface area is 371 Å². The van der Waals surface area contributed by atoms with Gasteiger partial charge < -0.3 is 10.6 Å². The number of rotatable bonds is 14. The summed E-state index contributed by atoms with van der Waals surface area (Å²) in [5.74, 6) is -4.38. The minimum atomic E-state index is -0.929. The molecule has 0 radical (unpaired) electrons. The second-order valence-corrected chi connectivity index (χ2v) is 14.1. The number of anilines is 2. The Morgan fingerprint density at radius 3 is 1.31 bits per heavy atom. The Morgan fingerprint density at radius 1 is 0.593 bits per heavy atom. The Kier molecular flexibility index (Phi) is 25.1. The molecule has 0 spiro atoms. The van der Waals surface area contributed by atoms with E-state index in [-0.39, 0.29) is 33.1 Å². The molecule has 4 nitrogen and oxygen atoms in total. The summed E-state index contributed by atoms with van der Waals surface area (Å²) in [5, 5.41) is 6.03. The molecule has 0 unspecified atom stereocenters. The van der Waals surface area contributed by atoms with E-state index in [2.05, 4.69) is 48.8 Å². The number of carbonyl (C=O) groups is 2. The van der Waals surface area contributed by atoms with Crippen LogP contribution in [0, 0.1) is 47.6 Å². The fourth-order valence-electron chi connectivity index (χ4n) is 5.61. The summed E-state index contributed by atoms with van der Waals surface area (Å²) in [6.45, 7) is 4.26. The smallest absolute Gasteiger partial charge is 0.373 e. The second-order valence-electron chi connectivity index (χ2n) is 13.2. The molecule has 2 amide bonds. The number of amides is 2. The normalized spacial score (nSPS) is 11.7. The van der Waals surface area contributed by atoms with Crippen molar-refractivity contribution in [2.45, 2.75) is 90.9 Å². The summed E-state index contributed by atoms with van der Waals surface area (Å²) in [7, 11) is 0. The molecule has 2 N–H and O–H groups in total. The third-order valence-corrected chi connectivity index (χ3v) is 9.09. The van der Waals surface area contributed by atoms with E-state index < -0.39 is 35.1 Å². The van der Waals surface area contributed by atoms with E-state index in [9.17, 15) is 27.2 Å². The van der Waals surface area contributed by atoms with Gasteiger partial charge >= 0.3 is 21.7 Å². The predicted molar refractivity (Wildman–Crippen MR) is 228 cm³/mol. The monoisotopic (exact) mass is 878 g/mol. The first-order chi connectivity index (χ1) is 28.0. The third-order valence-electron chi connectivity index (χ3n) is 8.62. The van der Waals surface area contributed by atoms with Gasteiger partial charge in [-0.2, -0.15) is 12.2 Å². The average molecular weight is 880 g/mol. The molecule has 11 heteroatoms. The van der Waals surface area contributed by atoms with Crippen LogP contribution < -0.4 is 10.6 Å². The molecular formula is C48H48Cl2F4N2O2Ti. The van der Waals surface area contributed by atoms with Gasteiger partial charge in [0, 0.05) is 44.4 Å². The van der Waals surface area contributed by atoms with Crippen molar-refractivity contribution in [3.05, 3.63) is 177 Å². The zero-order valence-corrected chi connectivity index (χ0v) is 36.4. The Morgan fingerprint density at radius 2 is 1.00 bits per heavy atom. The van der Waals surface area contributed by atoms with Gasteiger partial charge in [0.2, 0.25) is 11.8 Å². The van der Waals surface area contributed by atoms with Crippen molar-refractivity contribution in [1.82, 2.24) is 0 Å². The van der Waals surface area contributed by atoms with Crippen molar-refractivity contribution in [3.8, 4) is 0 Å². The SMILES string of the molecule is CCCCCCc1cc(Cl)ccc1C(=O)Nc1ccc(F)[c-]c1F.CCCCCCc1cc(Cl)ccc1C(=O)Nc1ccc(F)[c-]c1F.[C-]1=CC=CC1.[C-]1=CC=CC1.[Ti+4]. The first kappa shape index (κ1) is 50.9. The van der Waals surface area contributed by atoms with E-state index in [1.807, 2.05) is 36.4 Å². The zero-order valence-electron chi connectivity index (χ0n) is 33.3. The molecule has 0 fully saturated rings. The van der Waals surface area contributed by atoms with E-state index >= 15 is 0 Å². The largest absolute Gasteiger partial charge is 4.00 e. The van der Waals surface area contributed by atoms with Gasteiger partial charge in [-0.1, -0.05) is 75.6 Å². The molecule has 0 heterocycles. The summed E-state index contributed by atoms with van der Waals surface area (Å²) in [5.41, 5.74) is 2.33. The van der Waals surface area contributed by atoms with Crippen LogP contribution in [0.25, 0.3) is 0 Å². The fraction of sp³-hybridized carbons (Fsp3) is 0.292. The number of allylic oxidation sites excluding steroid dienone is 8.